The molecule has 0 unspecified atom stereocenters. The molecule has 0 saturated carbocycles. The summed E-state index contributed by atoms with van der Waals surface area (Å²) in [5, 5.41) is 0. The first-order chi connectivity index (χ1) is 6.98. The Hall–Kier alpha value is -1.09. The molecule has 0 fully saturated rings. The average Bonchev–Trinajstić information content (AvgIpc) is 2.18. The molecule has 3 nitrogen and oxygen atoms in total. The number of rotatable bonds is 4. The second-order valence-corrected chi connectivity index (χ2v) is 4.35. The monoisotopic (exact) mass is 208 g/mol. The maximum Gasteiger partial charge on any atom is 0.127 e. The molecule has 0 aliphatic heterocycles. The molecule has 0 aliphatic rings. The molecule has 2 N–H and O–H groups in total. The van der Waals surface area contributed by atoms with Crippen LogP contribution in [0.4, 0.5) is 0 Å². The summed E-state index contributed by atoms with van der Waals surface area (Å²) in [5.74, 6) is 0.858. The highest BCUT2D eigenvalue weighted by Crippen LogP contribution is 2.24. The molecule has 0 spiro atoms. The Labute approximate surface area is 91.7 Å². The highest BCUT2D eigenvalue weighted by atomic mass is 16.5. The van der Waals surface area contributed by atoms with E-state index in [0.717, 1.165) is 23.4 Å². The molecule has 1 aromatic heterocycles. The molecule has 0 aromatic carbocycles. The van der Waals surface area contributed by atoms with Gasteiger partial charge in [-0.1, -0.05) is 6.92 Å². The van der Waals surface area contributed by atoms with Gasteiger partial charge in [0.1, 0.15) is 11.4 Å². The molecule has 3 heteroatoms. The van der Waals surface area contributed by atoms with Gasteiger partial charge in [0.15, 0.2) is 0 Å². The first kappa shape index (κ1) is 12.0. The van der Waals surface area contributed by atoms with Gasteiger partial charge >= 0.3 is 0 Å². The zero-order valence-electron chi connectivity index (χ0n) is 10.0. The Kier molecular flexibility index (Phi) is 3.69. The maximum absolute atomic E-state index is 5.93. The molecular formula is C12H20N2O. The summed E-state index contributed by atoms with van der Waals surface area (Å²) in [6.45, 7) is 8.66. The number of nitrogens with zero attached hydrogens (tertiary/aromatic N) is 1. The molecule has 0 bridgehead atoms. The number of aryl methyl sites for hydroxylation is 1. The van der Waals surface area contributed by atoms with E-state index in [4.69, 9.17) is 10.5 Å². The lowest BCUT2D eigenvalue weighted by molar-refractivity contribution is 0.104. The average molecular weight is 208 g/mol. The number of hydrogen-bond acceptors (Lipinski definition) is 3. The summed E-state index contributed by atoms with van der Waals surface area (Å²) >= 11 is 0. The summed E-state index contributed by atoms with van der Waals surface area (Å²) in [5.41, 5.74) is 7.40. The molecule has 0 aliphatic carbocycles. The Morgan fingerprint density at radius 3 is 2.67 bits per heavy atom. The normalized spacial score (nSPS) is 11.5. The highest BCUT2D eigenvalue weighted by molar-refractivity contribution is 5.33. The topological polar surface area (TPSA) is 48.1 Å². The Bertz CT molecular complexity index is 334. The lowest BCUT2D eigenvalue weighted by Crippen LogP contribution is -2.27. The van der Waals surface area contributed by atoms with E-state index in [1.54, 1.807) is 6.20 Å². The zero-order chi connectivity index (χ0) is 11.5. The number of ether oxygens (including phenoxy) is 1. The first-order valence-electron chi connectivity index (χ1n) is 5.33. The molecule has 1 rings (SSSR count). The van der Waals surface area contributed by atoms with E-state index in [9.17, 15) is 0 Å². The number of hydrogen-bond donors (Lipinski definition) is 1. The Balaban J connectivity index is 2.97. The second kappa shape index (κ2) is 4.62. The SMILES string of the molecule is CCC(C)(C)Oc1cc(C)ncc1CN. The van der Waals surface area contributed by atoms with E-state index >= 15 is 0 Å². The minimum Gasteiger partial charge on any atom is -0.487 e. The molecule has 0 saturated heterocycles. The Morgan fingerprint density at radius 1 is 1.47 bits per heavy atom. The predicted molar refractivity (Wildman–Crippen MR) is 61.9 cm³/mol. The van der Waals surface area contributed by atoms with Crippen molar-refractivity contribution in [2.45, 2.75) is 46.3 Å². The first-order valence-corrected chi connectivity index (χ1v) is 5.33. The van der Waals surface area contributed by atoms with Gasteiger partial charge < -0.3 is 10.5 Å². The van der Waals surface area contributed by atoms with Crippen LogP contribution in [0.3, 0.4) is 0 Å². The van der Waals surface area contributed by atoms with Gasteiger partial charge in [0, 0.05) is 30.1 Å². The van der Waals surface area contributed by atoms with Crippen LogP contribution in [0.15, 0.2) is 12.3 Å². The van der Waals surface area contributed by atoms with Crippen molar-refractivity contribution in [2.75, 3.05) is 0 Å². The largest absolute Gasteiger partial charge is 0.487 e. The number of nitrogens with two attached hydrogens (primary N) is 1. The third-order valence-corrected chi connectivity index (χ3v) is 2.54. The number of pyridine rings is 1. The molecule has 15 heavy (non-hydrogen) atoms. The van der Waals surface area contributed by atoms with Crippen molar-refractivity contribution >= 4 is 0 Å². The van der Waals surface area contributed by atoms with Crippen molar-refractivity contribution < 1.29 is 4.74 Å². The second-order valence-electron chi connectivity index (χ2n) is 4.35. The van der Waals surface area contributed by atoms with Crippen LogP contribution in [0.1, 0.15) is 38.4 Å². The van der Waals surface area contributed by atoms with Gasteiger partial charge in [-0.3, -0.25) is 4.98 Å². The van der Waals surface area contributed by atoms with Gasteiger partial charge in [0.2, 0.25) is 0 Å². The maximum atomic E-state index is 5.93. The quantitative estimate of drug-likeness (QED) is 0.826. The van der Waals surface area contributed by atoms with E-state index in [1.165, 1.54) is 0 Å². The fourth-order valence-corrected chi connectivity index (χ4v) is 1.18. The van der Waals surface area contributed by atoms with Crippen LogP contribution in [0.25, 0.3) is 0 Å². The molecule has 1 heterocycles. The van der Waals surface area contributed by atoms with Gasteiger partial charge in [0.05, 0.1) is 0 Å². The number of aromatic nitrogens is 1. The summed E-state index contributed by atoms with van der Waals surface area (Å²) in [7, 11) is 0. The van der Waals surface area contributed by atoms with Gasteiger partial charge in [-0.05, 0) is 27.2 Å². The van der Waals surface area contributed by atoms with Gasteiger partial charge in [-0.15, -0.1) is 0 Å². The van der Waals surface area contributed by atoms with Crippen LogP contribution in [-0.2, 0) is 6.54 Å². The van der Waals surface area contributed by atoms with E-state index in [-0.39, 0.29) is 5.60 Å². The van der Waals surface area contributed by atoms with Crippen molar-refractivity contribution in [3.8, 4) is 5.75 Å². The van der Waals surface area contributed by atoms with Gasteiger partial charge in [0.25, 0.3) is 0 Å². The zero-order valence-corrected chi connectivity index (χ0v) is 10.0. The summed E-state index contributed by atoms with van der Waals surface area (Å²) in [4.78, 5) is 4.21. The van der Waals surface area contributed by atoms with Crippen molar-refractivity contribution in [2.24, 2.45) is 5.73 Å². The van der Waals surface area contributed by atoms with Crippen LogP contribution in [-0.4, -0.2) is 10.6 Å². The third kappa shape index (κ3) is 3.20. The highest BCUT2D eigenvalue weighted by Gasteiger charge is 2.18. The third-order valence-electron chi connectivity index (χ3n) is 2.54. The molecule has 84 valence electrons. The Morgan fingerprint density at radius 2 is 2.13 bits per heavy atom. The smallest absolute Gasteiger partial charge is 0.127 e. The van der Waals surface area contributed by atoms with Crippen LogP contribution < -0.4 is 10.5 Å². The lowest BCUT2D eigenvalue weighted by atomic mass is 10.1. The fourth-order valence-electron chi connectivity index (χ4n) is 1.18. The molecule has 1 aromatic rings. The fraction of sp³-hybridized carbons (Fsp3) is 0.583. The minimum absolute atomic E-state index is 0.155. The van der Waals surface area contributed by atoms with E-state index in [2.05, 4.69) is 25.8 Å². The minimum atomic E-state index is -0.155. The summed E-state index contributed by atoms with van der Waals surface area (Å²) in [6.07, 6.45) is 2.74. The molecule has 0 atom stereocenters. The molecule has 0 amide bonds. The summed E-state index contributed by atoms with van der Waals surface area (Å²) < 4.78 is 5.93. The molecular weight excluding hydrogens is 188 g/mol. The predicted octanol–water partition coefficient (Wildman–Crippen LogP) is 2.42. The van der Waals surface area contributed by atoms with Gasteiger partial charge in [-0.2, -0.15) is 0 Å². The lowest BCUT2D eigenvalue weighted by Gasteiger charge is -2.26. The van der Waals surface area contributed by atoms with E-state index in [0.29, 0.717) is 6.54 Å². The van der Waals surface area contributed by atoms with E-state index < -0.39 is 0 Å². The van der Waals surface area contributed by atoms with E-state index in [1.807, 2.05) is 13.0 Å². The van der Waals surface area contributed by atoms with Crippen molar-refractivity contribution in [3.05, 3.63) is 23.5 Å². The molecule has 0 radical (unpaired) electrons. The summed E-state index contributed by atoms with van der Waals surface area (Å²) in [6, 6.07) is 1.94. The van der Waals surface area contributed by atoms with Crippen molar-refractivity contribution in [3.63, 3.8) is 0 Å². The standard InChI is InChI=1S/C12H20N2O/c1-5-12(3,4)15-11-6-9(2)14-8-10(11)7-13/h6,8H,5,7,13H2,1-4H3. The van der Waals surface area contributed by atoms with Gasteiger partial charge in [-0.25, -0.2) is 0 Å². The van der Waals surface area contributed by atoms with Crippen LogP contribution in [0, 0.1) is 6.92 Å². The van der Waals surface area contributed by atoms with Crippen LogP contribution in [0.5, 0.6) is 5.75 Å². The van der Waals surface area contributed by atoms with Crippen molar-refractivity contribution in [1.82, 2.24) is 4.98 Å². The van der Waals surface area contributed by atoms with Crippen LogP contribution >= 0.6 is 0 Å². The van der Waals surface area contributed by atoms with Crippen molar-refractivity contribution in [1.29, 1.82) is 0 Å². The van der Waals surface area contributed by atoms with Crippen LogP contribution in [0.2, 0.25) is 0 Å².